The van der Waals surface area contributed by atoms with Crippen LogP contribution in [0, 0.1) is 23.8 Å². The molecular weight excluding hydrogens is 184 g/mol. The fourth-order valence-corrected chi connectivity index (χ4v) is 2.44. The molecule has 3 heteroatoms. The van der Waals surface area contributed by atoms with E-state index in [4.69, 9.17) is 6.42 Å². The van der Waals surface area contributed by atoms with Crippen LogP contribution in [0.1, 0.15) is 27.7 Å². The zero-order valence-electron chi connectivity index (χ0n) is 9.14. The van der Waals surface area contributed by atoms with Crippen LogP contribution in [0.3, 0.4) is 0 Å². The Morgan fingerprint density at radius 2 is 1.93 bits per heavy atom. The van der Waals surface area contributed by atoms with Crippen LogP contribution in [-0.4, -0.2) is 23.4 Å². The first-order chi connectivity index (χ1) is 6.24. The molecule has 14 heavy (non-hydrogen) atoms. The van der Waals surface area contributed by atoms with Crippen LogP contribution in [-0.2, 0) is 0 Å². The number of hydrogen-bond acceptors (Lipinski definition) is 1. The maximum Gasteiger partial charge on any atom is 0.272 e. The molecule has 0 aromatic heterocycles. The van der Waals surface area contributed by atoms with Crippen molar-refractivity contribution < 1.29 is 8.78 Å². The van der Waals surface area contributed by atoms with Crippen molar-refractivity contribution in [1.82, 2.24) is 4.90 Å². The van der Waals surface area contributed by atoms with E-state index in [1.54, 1.807) is 13.8 Å². The number of nitrogens with zero attached hydrogens (tertiary/aromatic N) is 1. The van der Waals surface area contributed by atoms with Gasteiger partial charge in [-0.1, -0.05) is 34.1 Å². The third-order valence-corrected chi connectivity index (χ3v) is 3.18. The number of rotatable bonds is 1. The van der Waals surface area contributed by atoms with E-state index in [1.807, 2.05) is 13.8 Å². The molecule has 1 aliphatic heterocycles. The highest BCUT2D eigenvalue weighted by Gasteiger charge is 2.60. The minimum Gasteiger partial charge on any atom is -0.323 e. The van der Waals surface area contributed by atoms with Crippen molar-refractivity contribution in [2.24, 2.45) is 11.3 Å². The van der Waals surface area contributed by atoms with Gasteiger partial charge >= 0.3 is 0 Å². The summed E-state index contributed by atoms with van der Waals surface area (Å²) in [6, 6.07) is 2.11. The fourth-order valence-electron chi connectivity index (χ4n) is 2.44. The minimum atomic E-state index is -2.70. The highest BCUT2D eigenvalue weighted by atomic mass is 19.3. The van der Waals surface area contributed by atoms with Gasteiger partial charge in [0.25, 0.3) is 5.92 Å². The lowest BCUT2D eigenvalue weighted by Gasteiger charge is -2.35. The molecule has 0 aromatic rings. The van der Waals surface area contributed by atoms with Crippen molar-refractivity contribution in [3.05, 3.63) is 0 Å². The SMILES string of the molecule is C#CN1CC(F)(F)C(C)(C)C1C(C)C. The van der Waals surface area contributed by atoms with E-state index in [-0.39, 0.29) is 18.5 Å². The van der Waals surface area contributed by atoms with E-state index in [2.05, 4.69) is 6.04 Å². The second-order valence-electron chi connectivity index (χ2n) is 4.87. The van der Waals surface area contributed by atoms with Gasteiger partial charge in [0, 0.05) is 6.04 Å². The van der Waals surface area contributed by atoms with Gasteiger partial charge < -0.3 is 4.90 Å². The molecule has 1 rings (SSSR count). The predicted molar refractivity (Wildman–Crippen MR) is 52.9 cm³/mol. The van der Waals surface area contributed by atoms with E-state index in [9.17, 15) is 8.78 Å². The number of hydrogen-bond donors (Lipinski definition) is 0. The molecule has 1 aliphatic rings. The summed E-state index contributed by atoms with van der Waals surface area (Å²) in [4.78, 5) is 1.44. The molecule has 1 nitrogen and oxygen atoms in total. The summed E-state index contributed by atoms with van der Waals surface area (Å²) in [5, 5.41) is 0. The maximum atomic E-state index is 13.6. The van der Waals surface area contributed by atoms with Gasteiger partial charge in [-0.15, -0.1) is 0 Å². The molecule has 0 aliphatic carbocycles. The standard InChI is InChI=1S/C11H17F2N/c1-6-14-7-11(12,13)10(4,5)9(14)8(2)3/h1,8-9H,7H2,2-5H3. The van der Waals surface area contributed by atoms with Crippen LogP contribution in [0.2, 0.25) is 0 Å². The van der Waals surface area contributed by atoms with Crippen LogP contribution in [0.15, 0.2) is 0 Å². The van der Waals surface area contributed by atoms with Crippen LogP contribution in [0.4, 0.5) is 8.78 Å². The van der Waals surface area contributed by atoms with Gasteiger partial charge in [0.05, 0.1) is 18.0 Å². The molecule has 0 aromatic carbocycles. The summed E-state index contributed by atoms with van der Waals surface area (Å²) in [6.07, 6.45) is 5.25. The first kappa shape index (κ1) is 11.3. The van der Waals surface area contributed by atoms with Crippen LogP contribution in [0.25, 0.3) is 0 Å². The van der Waals surface area contributed by atoms with Crippen LogP contribution < -0.4 is 0 Å². The smallest absolute Gasteiger partial charge is 0.272 e. The molecule has 1 fully saturated rings. The van der Waals surface area contributed by atoms with Gasteiger partial charge in [0.15, 0.2) is 0 Å². The predicted octanol–water partition coefficient (Wildman–Crippen LogP) is 2.58. The Balaban J connectivity index is 3.08. The van der Waals surface area contributed by atoms with Crippen molar-refractivity contribution in [3.8, 4) is 12.5 Å². The highest BCUT2D eigenvalue weighted by molar-refractivity contribution is 5.10. The summed E-state index contributed by atoms with van der Waals surface area (Å²) in [5.41, 5.74) is -1.05. The summed E-state index contributed by atoms with van der Waals surface area (Å²) in [6.45, 7) is 6.72. The van der Waals surface area contributed by atoms with Crippen molar-refractivity contribution in [3.63, 3.8) is 0 Å². The van der Waals surface area contributed by atoms with Gasteiger partial charge in [-0.05, 0) is 5.92 Å². The van der Waals surface area contributed by atoms with Crippen LogP contribution in [0.5, 0.6) is 0 Å². The molecule has 1 atom stereocenters. The van der Waals surface area contributed by atoms with Gasteiger partial charge in [0.2, 0.25) is 0 Å². The third-order valence-electron chi connectivity index (χ3n) is 3.18. The van der Waals surface area contributed by atoms with E-state index in [0.29, 0.717) is 0 Å². The maximum absolute atomic E-state index is 13.6. The molecule has 0 saturated carbocycles. The quantitative estimate of drug-likeness (QED) is 0.589. The number of terminal acetylenes is 1. The zero-order valence-corrected chi connectivity index (χ0v) is 9.14. The largest absolute Gasteiger partial charge is 0.323 e. The van der Waals surface area contributed by atoms with Gasteiger partial charge in [-0.2, -0.15) is 0 Å². The first-order valence-corrected chi connectivity index (χ1v) is 4.84. The normalized spacial score (nSPS) is 29.3. The van der Waals surface area contributed by atoms with E-state index < -0.39 is 11.3 Å². The second kappa shape index (κ2) is 3.12. The lowest BCUT2D eigenvalue weighted by Crippen LogP contribution is -2.43. The van der Waals surface area contributed by atoms with Gasteiger partial charge in [0.1, 0.15) is 0 Å². The zero-order chi connectivity index (χ0) is 11.1. The molecule has 0 spiro atoms. The average molecular weight is 201 g/mol. The van der Waals surface area contributed by atoms with Crippen molar-refractivity contribution in [2.45, 2.75) is 39.7 Å². The topological polar surface area (TPSA) is 3.24 Å². The highest BCUT2D eigenvalue weighted by Crippen LogP contribution is 2.49. The molecular formula is C11H17F2N. The summed E-state index contributed by atoms with van der Waals surface area (Å²) >= 11 is 0. The molecule has 1 saturated heterocycles. The molecule has 80 valence electrons. The Morgan fingerprint density at radius 3 is 2.21 bits per heavy atom. The molecule has 1 unspecified atom stereocenters. The Labute approximate surface area is 84.5 Å². The van der Waals surface area contributed by atoms with E-state index >= 15 is 0 Å². The molecule has 0 N–H and O–H groups in total. The van der Waals surface area contributed by atoms with E-state index in [1.165, 1.54) is 4.90 Å². The molecule has 0 radical (unpaired) electrons. The first-order valence-electron chi connectivity index (χ1n) is 4.84. The number of halogens is 2. The lowest BCUT2D eigenvalue weighted by atomic mass is 9.77. The Hall–Kier alpha value is -0.780. The molecule has 1 heterocycles. The van der Waals surface area contributed by atoms with Crippen molar-refractivity contribution in [2.75, 3.05) is 6.54 Å². The third kappa shape index (κ3) is 1.37. The Kier molecular flexibility index (Phi) is 2.51. The van der Waals surface area contributed by atoms with Crippen LogP contribution >= 0.6 is 0 Å². The summed E-state index contributed by atoms with van der Waals surface area (Å²) in [7, 11) is 0. The number of likely N-dealkylation sites (tertiary alicyclic amines) is 1. The molecule has 0 amide bonds. The summed E-state index contributed by atoms with van der Waals surface area (Å²) < 4.78 is 27.3. The molecule has 0 bridgehead atoms. The Morgan fingerprint density at radius 1 is 1.43 bits per heavy atom. The van der Waals surface area contributed by atoms with Crippen molar-refractivity contribution >= 4 is 0 Å². The number of alkyl halides is 2. The monoisotopic (exact) mass is 201 g/mol. The van der Waals surface area contributed by atoms with E-state index in [0.717, 1.165) is 0 Å². The second-order valence-corrected chi connectivity index (χ2v) is 4.87. The fraction of sp³-hybridized carbons (Fsp3) is 0.818. The summed E-state index contributed by atoms with van der Waals surface area (Å²) in [5.74, 6) is -2.57. The minimum absolute atomic E-state index is 0.134. The Bertz CT molecular complexity index is 263. The van der Waals surface area contributed by atoms with Gasteiger partial charge in [-0.25, -0.2) is 8.78 Å². The van der Waals surface area contributed by atoms with Gasteiger partial charge in [-0.3, -0.25) is 0 Å². The average Bonchev–Trinajstić information content (AvgIpc) is 2.18. The van der Waals surface area contributed by atoms with Crippen molar-refractivity contribution in [1.29, 1.82) is 0 Å². The lowest BCUT2D eigenvalue weighted by molar-refractivity contribution is -0.0786.